The van der Waals surface area contributed by atoms with E-state index in [2.05, 4.69) is 15.1 Å². The van der Waals surface area contributed by atoms with Gasteiger partial charge >= 0.3 is 0 Å². The quantitative estimate of drug-likeness (QED) is 0.665. The van der Waals surface area contributed by atoms with Gasteiger partial charge in [0.2, 0.25) is 0 Å². The van der Waals surface area contributed by atoms with Crippen molar-refractivity contribution in [3.8, 4) is 0 Å². The number of benzene rings is 1. The zero-order chi connectivity index (χ0) is 19.9. The lowest BCUT2D eigenvalue weighted by Gasteiger charge is -2.29. The molecule has 28 heavy (non-hydrogen) atoms. The number of halogens is 1. The van der Waals surface area contributed by atoms with Gasteiger partial charge in [-0.25, -0.2) is 0 Å². The molecule has 1 aliphatic rings. The minimum atomic E-state index is 0.631. The average molecular weight is 422 g/mol. The molecule has 1 aromatic carbocycles. The Morgan fingerprint density at radius 3 is 2.68 bits per heavy atom. The van der Waals surface area contributed by atoms with Gasteiger partial charge < -0.3 is 19.4 Å². The number of hydrogen-bond donors (Lipinski definition) is 1. The first kappa shape index (κ1) is 21.1. The summed E-state index contributed by atoms with van der Waals surface area (Å²) in [4.78, 5) is 4.59. The molecule has 152 valence electrons. The number of aryl methyl sites for hydroxylation is 2. The molecule has 1 fully saturated rings. The highest BCUT2D eigenvalue weighted by molar-refractivity contribution is 7.80. The second-order valence-electron chi connectivity index (χ2n) is 7.10. The number of para-hydroxylation sites is 1. The summed E-state index contributed by atoms with van der Waals surface area (Å²) in [7, 11) is 0. The number of nitrogens with zero attached hydrogens (tertiary/aromatic N) is 2. The second-order valence-corrected chi connectivity index (χ2v) is 7.90. The summed E-state index contributed by atoms with van der Waals surface area (Å²) in [5.74, 6) is 1.81. The maximum absolute atomic E-state index is 6.37. The number of thiocarbonyl (C=S) groups is 1. The number of anilines is 1. The minimum absolute atomic E-state index is 0.631. The first-order valence-electron chi connectivity index (χ1n) is 9.69. The molecule has 5 nitrogen and oxygen atoms in total. The highest BCUT2D eigenvalue weighted by atomic mass is 35.5. The standard InChI is InChI=1S/C21H28ClN3O2S/c1-16-5-3-6-19(22)20(16)23-21(28)25(15-18-8-7-17(2)27-18)10-4-9-24-11-13-26-14-12-24/h3,5-8H,4,9-15H2,1-2H3,(H,23,28). The van der Waals surface area contributed by atoms with Gasteiger partial charge in [-0.15, -0.1) is 0 Å². The van der Waals surface area contributed by atoms with E-state index in [0.29, 0.717) is 16.7 Å². The SMILES string of the molecule is Cc1ccc(CN(CCCN2CCOCC2)C(=S)Nc2c(C)cccc2Cl)o1. The molecule has 0 radical (unpaired) electrons. The van der Waals surface area contributed by atoms with Crippen molar-refractivity contribution in [1.82, 2.24) is 9.80 Å². The van der Waals surface area contributed by atoms with Gasteiger partial charge in [-0.1, -0.05) is 23.7 Å². The minimum Gasteiger partial charge on any atom is -0.464 e. The average Bonchev–Trinajstić information content (AvgIpc) is 3.09. The number of ether oxygens (including phenoxy) is 1. The molecule has 0 spiro atoms. The number of furan rings is 1. The van der Waals surface area contributed by atoms with E-state index >= 15 is 0 Å². The lowest BCUT2D eigenvalue weighted by atomic mass is 10.2. The molecule has 3 rings (SSSR count). The molecule has 1 aliphatic heterocycles. The normalized spacial score (nSPS) is 14.8. The van der Waals surface area contributed by atoms with Crippen LogP contribution in [0.15, 0.2) is 34.7 Å². The van der Waals surface area contributed by atoms with Crippen molar-refractivity contribution in [3.05, 3.63) is 52.4 Å². The van der Waals surface area contributed by atoms with E-state index in [-0.39, 0.29) is 0 Å². The first-order valence-corrected chi connectivity index (χ1v) is 10.5. The van der Waals surface area contributed by atoms with E-state index in [1.54, 1.807) is 0 Å². The van der Waals surface area contributed by atoms with Gasteiger partial charge in [0, 0.05) is 26.2 Å². The van der Waals surface area contributed by atoms with Crippen LogP contribution in [0.1, 0.15) is 23.5 Å². The van der Waals surface area contributed by atoms with Crippen LogP contribution in [0.25, 0.3) is 0 Å². The lowest BCUT2D eigenvalue weighted by Crippen LogP contribution is -2.40. The molecule has 7 heteroatoms. The number of rotatable bonds is 7. The second kappa shape index (κ2) is 10.3. The van der Waals surface area contributed by atoms with E-state index in [1.165, 1.54) is 0 Å². The molecule has 1 aromatic heterocycles. The van der Waals surface area contributed by atoms with Crippen molar-refractivity contribution >= 4 is 34.6 Å². The summed E-state index contributed by atoms with van der Waals surface area (Å²) in [5.41, 5.74) is 1.93. The first-order chi connectivity index (χ1) is 13.5. The third kappa shape index (κ3) is 5.95. The Morgan fingerprint density at radius 1 is 1.21 bits per heavy atom. The lowest BCUT2D eigenvalue weighted by molar-refractivity contribution is 0.0367. The van der Waals surface area contributed by atoms with Crippen molar-refractivity contribution in [2.24, 2.45) is 0 Å². The molecular weight excluding hydrogens is 394 g/mol. The van der Waals surface area contributed by atoms with Crippen molar-refractivity contribution in [3.63, 3.8) is 0 Å². The molecule has 2 heterocycles. The molecule has 1 saturated heterocycles. The fourth-order valence-electron chi connectivity index (χ4n) is 3.30. The van der Waals surface area contributed by atoms with Crippen LogP contribution in [-0.2, 0) is 11.3 Å². The van der Waals surface area contributed by atoms with Crippen molar-refractivity contribution in [2.75, 3.05) is 44.7 Å². The smallest absolute Gasteiger partial charge is 0.173 e. The molecular formula is C21H28ClN3O2S. The molecule has 0 unspecified atom stereocenters. The molecule has 1 N–H and O–H groups in total. The van der Waals surface area contributed by atoms with Gasteiger partial charge in [0.1, 0.15) is 11.5 Å². The van der Waals surface area contributed by atoms with Gasteiger partial charge in [-0.3, -0.25) is 4.90 Å². The van der Waals surface area contributed by atoms with Gasteiger partial charge in [0.25, 0.3) is 0 Å². The van der Waals surface area contributed by atoms with Gasteiger partial charge in [-0.05, 0) is 56.2 Å². The van der Waals surface area contributed by atoms with Crippen LogP contribution in [0.3, 0.4) is 0 Å². The van der Waals surface area contributed by atoms with Crippen LogP contribution in [0.2, 0.25) is 5.02 Å². The van der Waals surface area contributed by atoms with E-state index in [4.69, 9.17) is 33.0 Å². The van der Waals surface area contributed by atoms with Gasteiger partial charge in [-0.2, -0.15) is 0 Å². The molecule has 0 atom stereocenters. The van der Waals surface area contributed by atoms with Crippen molar-refractivity contribution in [1.29, 1.82) is 0 Å². The number of hydrogen-bond acceptors (Lipinski definition) is 4. The highest BCUT2D eigenvalue weighted by Gasteiger charge is 2.16. The summed E-state index contributed by atoms with van der Waals surface area (Å²) in [6, 6.07) is 9.83. The molecule has 0 bridgehead atoms. The summed E-state index contributed by atoms with van der Waals surface area (Å²) >= 11 is 12.1. The largest absolute Gasteiger partial charge is 0.464 e. The highest BCUT2D eigenvalue weighted by Crippen LogP contribution is 2.26. The third-order valence-corrected chi connectivity index (χ3v) is 5.57. The molecule has 0 aliphatic carbocycles. The van der Waals surface area contributed by atoms with Crippen LogP contribution >= 0.6 is 23.8 Å². The Labute approximate surface area is 177 Å². The van der Waals surface area contributed by atoms with Crippen molar-refractivity contribution < 1.29 is 9.15 Å². The maximum Gasteiger partial charge on any atom is 0.173 e. The molecule has 0 amide bonds. The summed E-state index contributed by atoms with van der Waals surface area (Å²) in [6.07, 6.45) is 1.02. The molecule has 0 saturated carbocycles. The summed E-state index contributed by atoms with van der Waals surface area (Å²) in [5, 5.41) is 4.67. The van der Waals surface area contributed by atoms with Crippen LogP contribution in [0.5, 0.6) is 0 Å². The Bertz CT molecular complexity index is 769. The predicted molar refractivity (Wildman–Crippen MR) is 118 cm³/mol. The summed E-state index contributed by atoms with van der Waals surface area (Å²) < 4.78 is 11.2. The monoisotopic (exact) mass is 421 g/mol. The topological polar surface area (TPSA) is 40.9 Å². The van der Waals surface area contributed by atoms with E-state index in [1.807, 2.05) is 44.2 Å². The van der Waals surface area contributed by atoms with E-state index < -0.39 is 0 Å². The fourth-order valence-corrected chi connectivity index (χ4v) is 3.82. The Hall–Kier alpha value is -1.60. The third-order valence-electron chi connectivity index (χ3n) is 4.89. The van der Waals surface area contributed by atoms with Crippen LogP contribution in [-0.4, -0.2) is 54.3 Å². The predicted octanol–water partition coefficient (Wildman–Crippen LogP) is 4.47. The van der Waals surface area contributed by atoms with E-state index in [9.17, 15) is 0 Å². The van der Waals surface area contributed by atoms with E-state index in [0.717, 1.165) is 68.6 Å². The summed E-state index contributed by atoms with van der Waals surface area (Å²) in [6.45, 7) is 10.1. The number of morpholine rings is 1. The zero-order valence-corrected chi connectivity index (χ0v) is 18.1. The number of nitrogens with one attached hydrogen (secondary N) is 1. The van der Waals surface area contributed by atoms with Crippen LogP contribution in [0, 0.1) is 13.8 Å². The Kier molecular flexibility index (Phi) is 7.73. The Balaban J connectivity index is 1.64. The van der Waals surface area contributed by atoms with Gasteiger partial charge in [0.05, 0.1) is 30.5 Å². The molecule has 2 aromatic rings. The van der Waals surface area contributed by atoms with Gasteiger partial charge in [0.15, 0.2) is 5.11 Å². The fraction of sp³-hybridized carbons (Fsp3) is 0.476. The maximum atomic E-state index is 6.37. The van der Waals surface area contributed by atoms with Crippen LogP contribution in [0.4, 0.5) is 5.69 Å². The Morgan fingerprint density at radius 2 is 2.00 bits per heavy atom. The van der Waals surface area contributed by atoms with Crippen molar-refractivity contribution in [2.45, 2.75) is 26.8 Å². The van der Waals surface area contributed by atoms with Crippen LogP contribution < -0.4 is 5.32 Å². The zero-order valence-electron chi connectivity index (χ0n) is 16.5.